The van der Waals surface area contributed by atoms with E-state index in [1.165, 1.54) is 41.5 Å². The molecule has 0 fully saturated rings. The van der Waals surface area contributed by atoms with Gasteiger partial charge in [-0.05, 0) is 92.6 Å². The van der Waals surface area contributed by atoms with E-state index in [9.17, 15) is 5.11 Å². The molecule has 1 aliphatic carbocycles. The van der Waals surface area contributed by atoms with Crippen LogP contribution < -0.4 is 14.4 Å². The number of nitrogens with zero attached hydrogens (tertiary/aromatic N) is 2. The Morgan fingerprint density at radius 2 is 1.46 bits per heavy atom. The van der Waals surface area contributed by atoms with Gasteiger partial charge in [-0.2, -0.15) is 0 Å². The fraction of sp³-hybridized carbons (Fsp3) is 0.455. The molecule has 0 saturated carbocycles. The van der Waals surface area contributed by atoms with Crippen molar-refractivity contribution in [1.82, 2.24) is 4.90 Å². The summed E-state index contributed by atoms with van der Waals surface area (Å²) in [6.45, 7) is 6.72. The Bertz CT molecular complexity index is 1130. The van der Waals surface area contributed by atoms with Crippen LogP contribution >= 0.6 is 0 Å². The fourth-order valence-electron chi connectivity index (χ4n) is 4.84. The van der Waals surface area contributed by atoms with Gasteiger partial charge in [0.1, 0.15) is 5.75 Å². The number of aryl methyl sites for hydroxylation is 2. The zero-order valence-corrected chi connectivity index (χ0v) is 24.4. The maximum Gasteiger partial charge on any atom is 0.162 e. The third-order valence-electron chi connectivity index (χ3n) is 7.30. The van der Waals surface area contributed by atoms with Crippen molar-refractivity contribution < 1.29 is 19.3 Å². The van der Waals surface area contributed by atoms with Crippen molar-refractivity contribution in [1.29, 1.82) is 0 Å². The van der Waals surface area contributed by atoms with Crippen LogP contribution in [0.4, 0.5) is 5.69 Å². The summed E-state index contributed by atoms with van der Waals surface area (Å²) in [5, 5.41) is 9.19. The quantitative estimate of drug-likeness (QED) is 0.302. The number of anilines is 1. The second kappa shape index (κ2) is 16.0. The van der Waals surface area contributed by atoms with E-state index in [2.05, 4.69) is 54.1 Å². The summed E-state index contributed by atoms with van der Waals surface area (Å²) < 4.78 is 15.9. The molecule has 0 atom stereocenters. The molecule has 0 unspecified atom stereocenters. The smallest absolute Gasteiger partial charge is 0.162 e. The number of benzene rings is 3. The molecule has 0 saturated heterocycles. The van der Waals surface area contributed by atoms with E-state index in [4.69, 9.17) is 14.2 Å². The molecule has 0 amide bonds. The Balaban J connectivity index is 0.000000314. The summed E-state index contributed by atoms with van der Waals surface area (Å²) in [6, 6.07) is 20.7. The standard InChI is InChI=1S/C23H34N2O3.C10H12O/c1-6-25(21-11-12-22(27-4)23(17-21)28-5)18-20-9-7-19(8-10-20)13-14-24(2)15-16-26-3;11-10-6-5-8-3-1-2-4-9(8)7-10/h7-12,17H,6,13-16,18H2,1-5H3;5-7,11H,1-4H2. The van der Waals surface area contributed by atoms with Gasteiger partial charge in [0.25, 0.3) is 0 Å². The van der Waals surface area contributed by atoms with E-state index in [-0.39, 0.29) is 0 Å². The molecular weight excluding hydrogens is 488 g/mol. The van der Waals surface area contributed by atoms with Crippen LogP contribution in [0.5, 0.6) is 17.2 Å². The number of hydrogen-bond acceptors (Lipinski definition) is 6. The summed E-state index contributed by atoms with van der Waals surface area (Å²) in [5.74, 6) is 1.92. The van der Waals surface area contributed by atoms with Gasteiger partial charge in [0.05, 0.1) is 20.8 Å². The number of rotatable bonds is 12. The highest BCUT2D eigenvalue weighted by molar-refractivity contribution is 5.56. The largest absolute Gasteiger partial charge is 0.508 e. The monoisotopic (exact) mass is 534 g/mol. The highest BCUT2D eigenvalue weighted by atomic mass is 16.5. The van der Waals surface area contributed by atoms with E-state index in [0.717, 1.165) is 62.8 Å². The molecule has 0 aliphatic heterocycles. The first-order valence-corrected chi connectivity index (χ1v) is 14.0. The van der Waals surface area contributed by atoms with Crippen molar-refractivity contribution in [3.63, 3.8) is 0 Å². The predicted octanol–water partition coefficient (Wildman–Crippen LogP) is 6.12. The van der Waals surface area contributed by atoms with Crippen molar-refractivity contribution in [3.05, 3.63) is 82.9 Å². The van der Waals surface area contributed by atoms with Crippen LogP contribution in [0.15, 0.2) is 60.7 Å². The lowest BCUT2D eigenvalue weighted by molar-refractivity contribution is 0.162. The van der Waals surface area contributed by atoms with Gasteiger partial charge in [-0.15, -0.1) is 0 Å². The van der Waals surface area contributed by atoms with Crippen LogP contribution in [0.2, 0.25) is 0 Å². The molecule has 1 aliphatic rings. The van der Waals surface area contributed by atoms with Crippen LogP contribution in [0, 0.1) is 0 Å². The van der Waals surface area contributed by atoms with Crippen molar-refractivity contribution in [2.75, 3.05) is 59.5 Å². The summed E-state index contributed by atoms with van der Waals surface area (Å²) >= 11 is 0. The minimum absolute atomic E-state index is 0.408. The molecule has 0 spiro atoms. The van der Waals surface area contributed by atoms with E-state index in [1.807, 2.05) is 24.3 Å². The molecule has 4 rings (SSSR count). The summed E-state index contributed by atoms with van der Waals surface area (Å²) in [7, 11) is 7.21. The maximum absolute atomic E-state index is 9.19. The van der Waals surface area contributed by atoms with Gasteiger partial charge in [0, 0.05) is 45.0 Å². The minimum Gasteiger partial charge on any atom is -0.508 e. The Morgan fingerprint density at radius 1 is 0.769 bits per heavy atom. The number of likely N-dealkylation sites (N-methyl/N-ethyl adjacent to an activating group) is 1. The van der Waals surface area contributed by atoms with Gasteiger partial charge < -0.3 is 29.1 Å². The zero-order valence-electron chi connectivity index (χ0n) is 24.4. The van der Waals surface area contributed by atoms with Gasteiger partial charge >= 0.3 is 0 Å². The van der Waals surface area contributed by atoms with Crippen molar-refractivity contribution >= 4 is 5.69 Å². The van der Waals surface area contributed by atoms with E-state index in [1.54, 1.807) is 27.4 Å². The highest BCUT2D eigenvalue weighted by Crippen LogP contribution is 2.32. The summed E-state index contributed by atoms with van der Waals surface area (Å²) in [6.07, 6.45) is 5.96. The average Bonchev–Trinajstić information content (AvgIpc) is 2.98. The average molecular weight is 535 g/mol. The molecule has 1 N–H and O–H groups in total. The normalized spacial score (nSPS) is 12.4. The molecule has 0 aromatic heterocycles. The number of fused-ring (bicyclic) bond motifs is 1. The van der Waals surface area contributed by atoms with Gasteiger partial charge in [-0.25, -0.2) is 0 Å². The number of phenolic OH excluding ortho intramolecular Hbond substituents is 1. The molecule has 212 valence electrons. The van der Waals surface area contributed by atoms with Gasteiger partial charge in [-0.3, -0.25) is 0 Å². The van der Waals surface area contributed by atoms with Crippen LogP contribution in [0.25, 0.3) is 0 Å². The van der Waals surface area contributed by atoms with E-state index < -0.39 is 0 Å². The predicted molar refractivity (Wildman–Crippen MR) is 161 cm³/mol. The SMILES string of the molecule is CCN(Cc1ccc(CCN(C)CCOC)cc1)c1ccc(OC)c(OC)c1.Oc1ccc2c(c1)CCCC2. The first kappa shape index (κ1) is 30.3. The van der Waals surface area contributed by atoms with Gasteiger partial charge in [-0.1, -0.05) is 30.3 Å². The second-order valence-electron chi connectivity index (χ2n) is 10.1. The van der Waals surface area contributed by atoms with Crippen LogP contribution in [-0.4, -0.2) is 64.6 Å². The fourth-order valence-corrected chi connectivity index (χ4v) is 4.84. The molecular formula is C33H46N2O4. The Labute approximate surface area is 235 Å². The Morgan fingerprint density at radius 3 is 2.13 bits per heavy atom. The van der Waals surface area contributed by atoms with E-state index >= 15 is 0 Å². The highest BCUT2D eigenvalue weighted by Gasteiger charge is 2.11. The van der Waals surface area contributed by atoms with Crippen LogP contribution in [-0.2, 0) is 30.5 Å². The first-order valence-electron chi connectivity index (χ1n) is 14.0. The van der Waals surface area contributed by atoms with Gasteiger partial charge in [0.2, 0.25) is 0 Å². The molecule has 3 aromatic carbocycles. The number of hydrogen-bond donors (Lipinski definition) is 1. The molecule has 0 heterocycles. The van der Waals surface area contributed by atoms with Crippen molar-refractivity contribution in [2.45, 2.75) is 45.6 Å². The Hall–Kier alpha value is -3.22. The second-order valence-corrected chi connectivity index (χ2v) is 10.1. The first-order chi connectivity index (χ1) is 19.0. The van der Waals surface area contributed by atoms with Crippen molar-refractivity contribution in [2.24, 2.45) is 0 Å². The van der Waals surface area contributed by atoms with E-state index in [0.29, 0.717) is 5.75 Å². The third-order valence-corrected chi connectivity index (χ3v) is 7.30. The molecule has 0 bridgehead atoms. The number of phenols is 1. The third kappa shape index (κ3) is 9.48. The lowest BCUT2D eigenvalue weighted by Crippen LogP contribution is -2.25. The minimum atomic E-state index is 0.408. The molecule has 3 aromatic rings. The van der Waals surface area contributed by atoms with Crippen LogP contribution in [0.3, 0.4) is 0 Å². The lowest BCUT2D eigenvalue weighted by Gasteiger charge is -2.24. The maximum atomic E-state index is 9.19. The number of methoxy groups -OCH3 is 3. The Kier molecular flexibility index (Phi) is 12.5. The van der Waals surface area contributed by atoms with Crippen LogP contribution in [0.1, 0.15) is 42.0 Å². The lowest BCUT2D eigenvalue weighted by atomic mass is 9.92. The number of ether oxygens (including phenoxy) is 3. The molecule has 39 heavy (non-hydrogen) atoms. The molecule has 6 heteroatoms. The van der Waals surface area contributed by atoms with Gasteiger partial charge in [0.15, 0.2) is 11.5 Å². The summed E-state index contributed by atoms with van der Waals surface area (Å²) in [4.78, 5) is 4.63. The number of aromatic hydroxyl groups is 1. The molecule has 0 radical (unpaired) electrons. The zero-order chi connectivity index (χ0) is 28.0. The molecule has 6 nitrogen and oxygen atoms in total. The van der Waals surface area contributed by atoms with Crippen molar-refractivity contribution in [3.8, 4) is 17.2 Å². The topological polar surface area (TPSA) is 54.4 Å². The summed E-state index contributed by atoms with van der Waals surface area (Å²) in [5.41, 5.74) is 6.56.